The van der Waals surface area contributed by atoms with Crippen LogP contribution in [-0.4, -0.2) is 25.2 Å². The SMILES string of the molecule is COC(=O)[C@@H](N)CC=CC[C@@H](C)N. The molecule has 13 heavy (non-hydrogen) atoms. The molecule has 0 unspecified atom stereocenters. The van der Waals surface area contributed by atoms with E-state index >= 15 is 0 Å². The summed E-state index contributed by atoms with van der Waals surface area (Å²) in [6.45, 7) is 1.92. The Morgan fingerprint density at radius 1 is 1.38 bits per heavy atom. The third-order valence-corrected chi connectivity index (χ3v) is 1.57. The van der Waals surface area contributed by atoms with E-state index in [1.165, 1.54) is 7.11 Å². The van der Waals surface area contributed by atoms with E-state index in [1.54, 1.807) is 0 Å². The lowest BCUT2D eigenvalue weighted by atomic mass is 10.2. The number of rotatable bonds is 5. The molecule has 2 atom stereocenters. The second-order valence-electron chi connectivity index (χ2n) is 3.05. The van der Waals surface area contributed by atoms with Crippen LogP contribution in [0.15, 0.2) is 12.2 Å². The summed E-state index contributed by atoms with van der Waals surface area (Å²) in [4.78, 5) is 10.8. The topological polar surface area (TPSA) is 78.3 Å². The lowest BCUT2D eigenvalue weighted by Crippen LogP contribution is -2.30. The van der Waals surface area contributed by atoms with Crippen LogP contribution in [0.3, 0.4) is 0 Å². The molecule has 0 spiro atoms. The fourth-order valence-corrected chi connectivity index (χ4v) is 0.801. The summed E-state index contributed by atoms with van der Waals surface area (Å²) in [5, 5.41) is 0. The molecule has 0 saturated carbocycles. The van der Waals surface area contributed by atoms with Gasteiger partial charge in [0.2, 0.25) is 0 Å². The zero-order valence-electron chi connectivity index (χ0n) is 8.19. The first-order valence-electron chi connectivity index (χ1n) is 4.32. The van der Waals surface area contributed by atoms with Gasteiger partial charge in [0, 0.05) is 6.04 Å². The van der Waals surface area contributed by atoms with Gasteiger partial charge in [0.1, 0.15) is 6.04 Å². The predicted molar refractivity (Wildman–Crippen MR) is 52.0 cm³/mol. The van der Waals surface area contributed by atoms with E-state index in [9.17, 15) is 4.79 Å². The van der Waals surface area contributed by atoms with Crippen LogP contribution in [0.4, 0.5) is 0 Å². The molecule has 0 aliphatic rings. The quantitative estimate of drug-likeness (QED) is 0.474. The summed E-state index contributed by atoms with van der Waals surface area (Å²) >= 11 is 0. The number of hydrogen-bond acceptors (Lipinski definition) is 4. The van der Waals surface area contributed by atoms with Crippen molar-refractivity contribution in [2.24, 2.45) is 11.5 Å². The van der Waals surface area contributed by atoms with Crippen LogP contribution in [0.1, 0.15) is 19.8 Å². The highest BCUT2D eigenvalue weighted by Crippen LogP contribution is 1.95. The Morgan fingerprint density at radius 3 is 2.38 bits per heavy atom. The van der Waals surface area contributed by atoms with Gasteiger partial charge >= 0.3 is 5.97 Å². The van der Waals surface area contributed by atoms with Crippen LogP contribution in [-0.2, 0) is 9.53 Å². The van der Waals surface area contributed by atoms with Gasteiger partial charge in [0.05, 0.1) is 7.11 Å². The van der Waals surface area contributed by atoms with Gasteiger partial charge in [-0.25, -0.2) is 0 Å². The first kappa shape index (κ1) is 12.1. The molecule has 0 saturated heterocycles. The van der Waals surface area contributed by atoms with Crippen molar-refractivity contribution in [3.8, 4) is 0 Å². The van der Waals surface area contributed by atoms with Crippen LogP contribution < -0.4 is 11.5 Å². The Labute approximate surface area is 78.9 Å². The average Bonchev–Trinajstić information content (AvgIpc) is 2.10. The minimum atomic E-state index is -0.561. The van der Waals surface area contributed by atoms with Crippen molar-refractivity contribution in [1.29, 1.82) is 0 Å². The summed E-state index contributed by atoms with van der Waals surface area (Å²) in [5.74, 6) is -0.384. The summed E-state index contributed by atoms with van der Waals surface area (Å²) in [6.07, 6.45) is 5.08. The van der Waals surface area contributed by atoms with Crippen LogP contribution >= 0.6 is 0 Å². The Hall–Kier alpha value is -0.870. The monoisotopic (exact) mass is 186 g/mol. The van der Waals surface area contributed by atoms with Crippen molar-refractivity contribution in [2.75, 3.05) is 7.11 Å². The van der Waals surface area contributed by atoms with Crippen molar-refractivity contribution in [2.45, 2.75) is 31.8 Å². The molecule has 0 fully saturated rings. The van der Waals surface area contributed by atoms with Crippen LogP contribution in [0.5, 0.6) is 0 Å². The molecule has 4 N–H and O–H groups in total. The summed E-state index contributed by atoms with van der Waals surface area (Å²) in [5.41, 5.74) is 11.0. The maximum absolute atomic E-state index is 10.8. The average molecular weight is 186 g/mol. The normalized spacial score (nSPS) is 15.7. The van der Waals surface area contributed by atoms with E-state index in [4.69, 9.17) is 11.5 Å². The Kier molecular flexibility index (Phi) is 6.18. The molecule has 0 heterocycles. The van der Waals surface area contributed by atoms with E-state index in [0.717, 1.165) is 6.42 Å². The zero-order valence-corrected chi connectivity index (χ0v) is 8.19. The lowest BCUT2D eigenvalue weighted by Gasteiger charge is -2.05. The maximum Gasteiger partial charge on any atom is 0.322 e. The van der Waals surface area contributed by atoms with Crippen molar-refractivity contribution >= 4 is 5.97 Å². The fraction of sp³-hybridized carbons (Fsp3) is 0.667. The van der Waals surface area contributed by atoms with Crippen molar-refractivity contribution in [3.05, 3.63) is 12.2 Å². The molecule has 4 nitrogen and oxygen atoms in total. The van der Waals surface area contributed by atoms with Gasteiger partial charge in [0.15, 0.2) is 0 Å². The van der Waals surface area contributed by atoms with E-state index in [0.29, 0.717) is 6.42 Å². The number of esters is 1. The summed E-state index contributed by atoms with van der Waals surface area (Å²) in [6, 6.07) is -0.417. The standard InChI is InChI=1S/C9H18N2O2/c1-7(10)5-3-4-6-8(11)9(12)13-2/h3-4,7-8H,5-6,10-11H2,1-2H3/t7-,8+/m1/s1. The number of methoxy groups -OCH3 is 1. The van der Waals surface area contributed by atoms with Gasteiger partial charge in [-0.2, -0.15) is 0 Å². The molecule has 0 rings (SSSR count). The third-order valence-electron chi connectivity index (χ3n) is 1.57. The van der Waals surface area contributed by atoms with Crippen molar-refractivity contribution in [1.82, 2.24) is 0 Å². The summed E-state index contributed by atoms with van der Waals surface area (Å²) in [7, 11) is 1.33. The molecular formula is C9H18N2O2. The lowest BCUT2D eigenvalue weighted by molar-refractivity contribution is -0.142. The number of carbonyl (C=O) groups is 1. The first-order chi connectivity index (χ1) is 6.07. The first-order valence-corrected chi connectivity index (χ1v) is 4.32. The van der Waals surface area contributed by atoms with Crippen molar-refractivity contribution in [3.63, 3.8) is 0 Å². The van der Waals surface area contributed by atoms with Gasteiger partial charge < -0.3 is 16.2 Å². The number of ether oxygens (including phenoxy) is 1. The molecule has 0 aromatic carbocycles. The highest BCUT2D eigenvalue weighted by atomic mass is 16.5. The van der Waals surface area contributed by atoms with Crippen LogP contribution in [0.2, 0.25) is 0 Å². The number of nitrogens with two attached hydrogens (primary N) is 2. The van der Waals surface area contributed by atoms with E-state index in [2.05, 4.69) is 4.74 Å². The molecule has 0 aliphatic carbocycles. The second-order valence-corrected chi connectivity index (χ2v) is 3.05. The molecule has 0 aliphatic heterocycles. The van der Waals surface area contributed by atoms with Gasteiger partial charge in [-0.1, -0.05) is 12.2 Å². The predicted octanol–water partition coefficient (Wildman–Crippen LogP) is 0.170. The Bertz CT molecular complexity index is 178. The maximum atomic E-state index is 10.8. The molecule has 0 bridgehead atoms. The molecule has 0 aromatic heterocycles. The minimum Gasteiger partial charge on any atom is -0.468 e. The van der Waals surface area contributed by atoms with E-state index < -0.39 is 6.04 Å². The van der Waals surface area contributed by atoms with Crippen molar-refractivity contribution < 1.29 is 9.53 Å². The molecule has 0 aromatic rings. The second kappa shape index (κ2) is 6.62. The largest absolute Gasteiger partial charge is 0.468 e. The van der Waals surface area contributed by atoms with Gasteiger partial charge in [-0.15, -0.1) is 0 Å². The zero-order chi connectivity index (χ0) is 10.3. The van der Waals surface area contributed by atoms with Gasteiger partial charge in [0.25, 0.3) is 0 Å². The van der Waals surface area contributed by atoms with Crippen LogP contribution in [0, 0.1) is 0 Å². The van der Waals surface area contributed by atoms with Crippen LogP contribution in [0.25, 0.3) is 0 Å². The van der Waals surface area contributed by atoms with E-state index in [1.807, 2.05) is 19.1 Å². The fourth-order valence-electron chi connectivity index (χ4n) is 0.801. The Balaban J connectivity index is 3.63. The summed E-state index contributed by atoms with van der Waals surface area (Å²) < 4.78 is 4.47. The smallest absolute Gasteiger partial charge is 0.322 e. The highest BCUT2D eigenvalue weighted by Gasteiger charge is 2.10. The molecule has 0 amide bonds. The number of carbonyl (C=O) groups excluding carboxylic acids is 1. The number of hydrogen-bond donors (Lipinski definition) is 2. The van der Waals surface area contributed by atoms with Gasteiger partial charge in [-0.3, -0.25) is 4.79 Å². The van der Waals surface area contributed by atoms with E-state index in [-0.39, 0.29) is 12.0 Å². The Morgan fingerprint density at radius 2 is 1.92 bits per heavy atom. The molecular weight excluding hydrogens is 168 g/mol. The minimum absolute atomic E-state index is 0.144. The van der Waals surface area contributed by atoms with Gasteiger partial charge in [-0.05, 0) is 19.8 Å². The molecule has 4 heteroatoms. The molecule has 76 valence electrons. The molecule has 0 radical (unpaired) electrons. The highest BCUT2D eigenvalue weighted by molar-refractivity contribution is 5.75. The third kappa shape index (κ3) is 6.31.